The summed E-state index contributed by atoms with van der Waals surface area (Å²) in [5.41, 5.74) is 0. The first-order chi connectivity index (χ1) is 5.22. The third-order valence-electron chi connectivity index (χ3n) is 1.83. The highest BCUT2D eigenvalue weighted by molar-refractivity contribution is 7.47. The van der Waals surface area contributed by atoms with Crippen molar-refractivity contribution in [2.24, 2.45) is 0 Å². The van der Waals surface area contributed by atoms with Crippen molar-refractivity contribution in [2.75, 3.05) is 6.16 Å². The van der Waals surface area contributed by atoms with E-state index in [0.29, 0.717) is 12.2 Å². The van der Waals surface area contributed by atoms with E-state index in [9.17, 15) is 0 Å². The van der Waals surface area contributed by atoms with Crippen molar-refractivity contribution in [3.8, 4) is 0 Å². The van der Waals surface area contributed by atoms with Gasteiger partial charge in [0.05, 0.1) is 12.2 Å². The first-order valence-corrected chi connectivity index (χ1v) is 5.69. The largest absolute Gasteiger partial charge is 0.331 e. The smallest absolute Gasteiger partial charge is 0.170 e. The van der Waals surface area contributed by atoms with Gasteiger partial charge in [-0.25, -0.2) is 0 Å². The normalized spacial score (nSPS) is 35.2. The third kappa shape index (κ3) is 3.06. The predicted octanol–water partition coefficient (Wildman–Crippen LogP) is 2.92. The van der Waals surface area contributed by atoms with Crippen LogP contribution in [0.2, 0.25) is 0 Å². The molecule has 0 aliphatic carbocycles. The minimum Gasteiger partial charge on any atom is -0.331 e. The third-order valence-corrected chi connectivity index (χ3v) is 3.54. The van der Waals surface area contributed by atoms with E-state index >= 15 is 0 Å². The average molecular weight is 176 g/mol. The van der Waals surface area contributed by atoms with Crippen LogP contribution in [0.5, 0.6) is 0 Å². The molecule has 11 heavy (non-hydrogen) atoms. The molecule has 2 atom stereocenters. The maximum absolute atomic E-state index is 5.67. The van der Waals surface area contributed by atoms with Gasteiger partial charge in [0, 0.05) is 6.16 Å². The fourth-order valence-electron chi connectivity index (χ4n) is 1.15. The molecule has 0 aromatic heterocycles. The van der Waals surface area contributed by atoms with Crippen LogP contribution in [0.3, 0.4) is 0 Å². The highest BCUT2D eigenvalue weighted by Gasteiger charge is 2.20. The van der Waals surface area contributed by atoms with E-state index in [1.54, 1.807) is 0 Å². The van der Waals surface area contributed by atoms with E-state index in [1.807, 2.05) is 0 Å². The molecule has 0 amide bonds. The van der Waals surface area contributed by atoms with Gasteiger partial charge in [-0.15, -0.1) is 0 Å². The van der Waals surface area contributed by atoms with Gasteiger partial charge in [-0.05, 0) is 26.7 Å². The van der Waals surface area contributed by atoms with Crippen molar-refractivity contribution in [1.82, 2.24) is 0 Å². The monoisotopic (exact) mass is 176 g/mol. The zero-order valence-corrected chi connectivity index (χ0v) is 8.43. The maximum atomic E-state index is 5.67. The fraction of sp³-hybridized carbons (Fsp3) is 1.00. The Hall–Kier alpha value is 0.350. The molecule has 0 N–H and O–H groups in total. The van der Waals surface area contributed by atoms with Gasteiger partial charge in [0.2, 0.25) is 0 Å². The Kier molecular flexibility index (Phi) is 3.77. The Morgan fingerprint density at radius 3 is 2.00 bits per heavy atom. The molecule has 1 fully saturated rings. The Morgan fingerprint density at radius 2 is 1.64 bits per heavy atom. The number of rotatable bonds is 1. The van der Waals surface area contributed by atoms with Crippen molar-refractivity contribution in [1.29, 1.82) is 0 Å². The Balaban J connectivity index is 2.41. The second kappa shape index (κ2) is 4.39. The van der Waals surface area contributed by atoms with Gasteiger partial charge in [0.25, 0.3) is 0 Å². The van der Waals surface area contributed by atoms with Gasteiger partial charge >= 0.3 is 0 Å². The maximum Gasteiger partial charge on any atom is 0.170 e. The van der Waals surface area contributed by atoms with Gasteiger partial charge in [0.1, 0.15) is 0 Å². The highest BCUT2D eigenvalue weighted by atomic mass is 31.2. The van der Waals surface area contributed by atoms with Crippen LogP contribution >= 0.6 is 8.38 Å². The molecule has 0 saturated carbocycles. The number of hydrogen-bond acceptors (Lipinski definition) is 2. The second-order valence-corrected chi connectivity index (χ2v) is 4.78. The molecular formula is C8H17O2P. The molecule has 1 heterocycles. The van der Waals surface area contributed by atoms with E-state index < -0.39 is 8.38 Å². The van der Waals surface area contributed by atoms with Crippen molar-refractivity contribution < 1.29 is 9.05 Å². The summed E-state index contributed by atoms with van der Waals surface area (Å²) < 4.78 is 11.3. The van der Waals surface area contributed by atoms with E-state index in [-0.39, 0.29) is 0 Å². The molecule has 1 rings (SSSR count). The van der Waals surface area contributed by atoms with E-state index in [1.165, 1.54) is 0 Å². The van der Waals surface area contributed by atoms with Crippen LogP contribution in [0.25, 0.3) is 0 Å². The zero-order chi connectivity index (χ0) is 8.27. The summed E-state index contributed by atoms with van der Waals surface area (Å²) in [6, 6.07) is 0. The summed E-state index contributed by atoms with van der Waals surface area (Å²) in [5.74, 6) is 0. The van der Waals surface area contributed by atoms with Crippen LogP contribution in [0.4, 0.5) is 0 Å². The average Bonchev–Trinajstić information content (AvgIpc) is 2.13. The SMILES string of the molecule is CCP1O[C@@H](C)CC[C@H](C)O1. The molecule has 0 spiro atoms. The summed E-state index contributed by atoms with van der Waals surface area (Å²) in [6.07, 6.45) is 4.08. The first kappa shape index (κ1) is 9.44. The van der Waals surface area contributed by atoms with Crippen LogP contribution < -0.4 is 0 Å². The lowest BCUT2D eigenvalue weighted by Gasteiger charge is -2.17. The van der Waals surface area contributed by atoms with Gasteiger partial charge in [-0.3, -0.25) is 0 Å². The Bertz CT molecular complexity index is 107. The van der Waals surface area contributed by atoms with Gasteiger partial charge < -0.3 is 9.05 Å². The summed E-state index contributed by atoms with van der Waals surface area (Å²) in [4.78, 5) is 0. The summed E-state index contributed by atoms with van der Waals surface area (Å²) in [7, 11) is -0.575. The summed E-state index contributed by atoms with van der Waals surface area (Å²) >= 11 is 0. The molecule has 0 aromatic rings. The molecule has 0 unspecified atom stereocenters. The van der Waals surface area contributed by atoms with Crippen LogP contribution in [0.1, 0.15) is 33.6 Å². The molecule has 0 radical (unpaired) electrons. The summed E-state index contributed by atoms with van der Waals surface area (Å²) in [5, 5.41) is 0. The van der Waals surface area contributed by atoms with E-state index in [2.05, 4.69) is 20.8 Å². The minimum atomic E-state index is -0.575. The standard InChI is InChI=1S/C8H17O2P/c1-4-11-9-7(2)5-6-8(3)10-11/h7-8H,4-6H2,1-3H3/t7-,8-/m0/s1. The van der Waals surface area contributed by atoms with Crippen molar-refractivity contribution in [3.05, 3.63) is 0 Å². The molecule has 2 nitrogen and oxygen atoms in total. The van der Waals surface area contributed by atoms with Crippen LogP contribution in [0, 0.1) is 0 Å². The molecule has 66 valence electrons. The molecule has 0 bridgehead atoms. The van der Waals surface area contributed by atoms with Gasteiger partial charge in [-0.1, -0.05) is 6.92 Å². The minimum absolute atomic E-state index is 0.394. The lowest BCUT2D eigenvalue weighted by molar-refractivity contribution is 0.206. The second-order valence-electron chi connectivity index (χ2n) is 3.06. The Labute approximate surface area is 70.2 Å². The van der Waals surface area contributed by atoms with E-state index in [0.717, 1.165) is 19.0 Å². The van der Waals surface area contributed by atoms with Crippen LogP contribution in [0.15, 0.2) is 0 Å². The van der Waals surface area contributed by atoms with Crippen molar-refractivity contribution >= 4 is 8.38 Å². The molecule has 0 aromatic carbocycles. The summed E-state index contributed by atoms with van der Waals surface area (Å²) in [6.45, 7) is 6.38. The molecule has 3 heteroatoms. The van der Waals surface area contributed by atoms with Gasteiger partial charge in [-0.2, -0.15) is 0 Å². The zero-order valence-electron chi connectivity index (χ0n) is 7.54. The molecule has 1 saturated heterocycles. The van der Waals surface area contributed by atoms with E-state index in [4.69, 9.17) is 9.05 Å². The lowest BCUT2D eigenvalue weighted by atomic mass is 10.1. The van der Waals surface area contributed by atoms with Gasteiger partial charge in [0.15, 0.2) is 8.38 Å². The topological polar surface area (TPSA) is 18.5 Å². The molecular weight excluding hydrogens is 159 g/mol. The van der Waals surface area contributed by atoms with Crippen molar-refractivity contribution in [2.45, 2.75) is 45.8 Å². The highest BCUT2D eigenvalue weighted by Crippen LogP contribution is 2.44. The van der Waals surface area contributed by atoms with Crippen LogP contribution in [-0.2, 0) is 9.05 Å². The van der Waals surface area contributed by atoms with Crippen molar-refractivity contribution in [3.63, 3.8) is 0 Å². The lowest BCUT2D eigenvalue weighted by Crippen LogP contribution is -2.03. The Morgan fingerprint density at radius 1 is 1.18 bits per heavy atom. The predicted molar refractivity (Wildman–Crippen MR) is 47.8 cm³/mol. The fourth-order valence-corrected chi connectivity index (χ4v) is 2.51. The quantitative estimate of drug-likeness (QED) is 0.572. The van der Waals surface area contributed by atoms with Crippen LogP contribution in [-0.4, -0.2) is 18.4 Å². The first-order valence-electron chi connectivity index (χ1n) is 4.33. The molecule has 1 aliphatic rings. The number of hydrogen-bond donors (Lipinski definition) is 0. The molecule has 1 aliphatic heterocycles.